The second kappa shape index (κ2) is 5.21. The molecule has 0 spiro atoms. The molecule has 0 radical (unpaired) electrons. The molecular formula is C10H18N2O. The third-order valence-corrected chi connectivity index (χ3v) is 2.56. The highest BCUT2D eigenvalue weighted by Gasteiger charge is 2.21. The second-order valence-corrected chi connectivity index (χ2v) is 3.95. The average Bonchev–Trinajstić information content (AvgIpc) is 2.15. The molecule has 1 aliphatic rings. The summed E-state index contributed by atoms with van der Waals surface area (Å²) in [6.07, 6.45) is 3.98. The molecular weight excluding hydrogens is 164 g/mol. The van der Waals surface area contributed by atoms with Gasteiger partial charge in [0.15, 0.2) is 0 Å². The third-order valence-electron chi connectivity index (χ3n) is 2.56. The van der Waals surface area contributed by atoms with Gasteiger partial charge in [-0.1, -0.05) is 6.42 Å². The van der Waals surface area contributed by atoms with Gasteiger partial charge in [0.25, 0.3) is 0 Å². The first-order valence-electron chi connectivity index (χ1n) is 5.03. The van der Waals surface area contributed by atoms with E-state index in [4.69, 9.17) is 10.4 Å². The van der Waals surface area contributed by atoms with Crippen LogP contribution in [-0.4, -0.2) is 23.8 Å². The molecule has 1 aliphatic carbocycles. The Morgan fingerprint density at radius 2 is 2.38 bits per heavy atom. The van der Waals surface area contributed by atoms with Gasteiger partial charge < -0.3 is 10.4 Å². The van der Waals surface area contributed by atoms with Gasteiger partial charge in [0.05, 0.1) is 12.2 Å². The number of hydrogen-bond acceptors (Lipinski definition) is 3. The second-order valence-electron chi connectivity index (χ2n) is 3.95. The zero-order chi connectivity index (χ0) is 9.68. The maximum Gasteiger partial charge on any atom is 0.0656 e. The smallest absolute Gasteiger partial charge is 0.0656 e. The quantitative estimate of drug-likeness (QED) is 0.685. The lowest BCUT2D eigenvalue weighted by atomic mass is 9.86. The summed E-state index contributed by atoms with van der Waals surface area (Å²) in [5.41, 5.74) is 0. The first kappa shape index (κ1) is 10.5. The van der Waals surface area contributed by atoms with Crippen molar-refractivity contribution >= 4 is 0 Å². The molecule has 0 amide bonds. The molecule has 1 fully saturated rings. The van der Waals surface area contributed by atoms with Crippen molar-refractivity contribution in [3.8, 4) is 6.07 Å². The van der Waals surface area contributed by atoms with Gasteiger partial charge in [-0.15, -0.1) is 0 Å². The van der Waals surface area contributed by atoms with Gasteiger partial charge in [-0.3, -0.25) is 0 Å². The van der Waals surface area contributed by atoms with Gasteiger partial charge in [-0.05, 0) is 26.2 Å². The Balaban J connectivity index is 2.23. The Kier molecular flexibility index (Phi) is 4.20. The van der Waals surface area contributed by atoms with E-state index in [0.29, 0.717) is 12.6 Å². The van der Waals surface area contributed by atoms with E-state index in [1.165, 1.54) is 0 Å². The normalized spacial score (nSPS) is 30.8. The zero-order valence-electron chi connectivity index (χ0n) is 8.16. The summed E-state index contributed by atoms with van der Waals surface area (Å²) in [5, 5.41) is 21.1. The summed E-state index contributed by atoms with van der Waals surface area (Å²) in [4.78, 5) is 0. The fourth-order valence-corrected chi connectivity index (χ4v) is 1.83. The lowest BCUT2D eigenvalue weighted by Crippen LogP contribution is -2.37. The van der Waals surface area contributed by atoms with Crippen LogP contribution >= 0.6 is 0 Å². The number of aliphatic hydroxyl groups excluding tert-OH is 1. The first-order valence-corrected chi connectivity index (χ1v) is 5.03. The van der Waals surface area contributed by atoms with E-state index >= 15 is 0 Å². The van der Waals surface area contributed by atoms with Crippen LogP contribution in [-0.2, 0) is 0 Å². The highest BCUT2D eigenvalue weighted by Crippen LogP contribution is 2.23. The number of nitriles is 1. The van der Waals surface area contributed by atoms with Gasteiger partial charge >= 0.3 is 0 Å². The number of nitrogens with one attached hydrogen (secondary N) is 1. The summed E-state index contributed by atoms with van der Waals surface area (Å²) < 4.78 is 0. The fourth-order valence-electron chi connectivity index (χ4n) is 1.83. The molecule has 74 valence electrons. The maximum absolute atomic E-state index is 9.08. The molecule has 0 saturated heterocycles. The largest absolute Gasteiger partial charge is 0.392 e. The van der Waals surface area contributed by atoms with Gasteiger partial charge in [0.2, 0.25) is 0 Å². The van der Waals surface area contributed by atoms with Crippen LogP contribution in [0.5, 0.6) is 0 Å². The first-order chi connectivity index (χ1) is 6.22. The van der Waals surface area contributed by atoms with Gasteiger partial charge in [0.1, 0.15) is 0 Å². The Morgan fingerprint density at radius 1 is 1.62 bits per heavy atom. The van der Waals surface area contributed by atoms with E-state index < -0.39 is 0 Å². The molecule has 3 unspecified atom stereocenters. The summed E-state index contributed by atoms with van der Waals surface area (Å²) in [5.74, 6) is 0.222. The molecule has 0 heterocycles. The van der Waals surface area contributed by atoms with E-state index in [2.05, 4.69) is 11.4 Å². The topological polar surface area (TPSA) is 56.0 Å². The van der Waals surface area contributed by atoms with E-state index in [0.717, 1.165) is 25.7 Å². The molecule has 0 aromatic carbocycles. The van der Waals surface area contributed by atoms with Crippen LogP contribution in [0.3, 0.4) is 0 Å². The van der Waals surface area contributed by atoms with Crippen molar-refractivity contribution in [3.05, 3.63) is 0 Å². The van der Waals surface area contributed by atoms with Crippen molar-refractivity contribution in [2.24, 2.45) is 5.92 Å². The molecule has 2 N–H and O–H groups in total. The van der Waals surface area contributed by atoms with Crippen molar-refractivity contribution in [1.29, 1.82) is 5.26 Å². The molecule has 3 atom stereocenters. The maximum atomic E-state index is 9.08. The van der Waals surface area contributed by atoms with Crippen LogP contribution in [0.15, 0.2) is 0 Å². The molecule has 3 heteroatoms. The molecule has 0 aliphatic heterocycles. The van der Waals surface area contributed by atoms with E-state index in [9.17, 15) is 0 Å². The Hall–Kier alpha value is -0.590. The SMILES string of the molecule is CC(O)CNC1CCCC(C#N)C1. The molecule has 13 heavy (non-hydrogen) atoms. The fraction of sp³-hybridized carbons (Fsp3) is 0.900. The van der Waals surface area contributed by atoms with Crippen LogP contribution in [0.2, 0.25) is 0 Å². The number of aliphatic hydroxyl groups is 1. The summed E-state index contributed by atoms with van der Waals surface area (Å²) in [6.45, 7) is 2.42. The summed E-state index contributed by atoms with van der Waals surface area (Å²) >= 11 is 0. The highest BCUT2D eigenvalue weighted by atomic mass is 16.3. The van der Waals surface area contributed by atoms with E-state index in [1.807, 2.05) is 0 Å². The summed E-state index contributed by atoms with van der Waals surface area (Å²) in [7, 11) is 0. The standard InChI is InChI=1S/C10H18N2O/c1-8(13)7-12-10-4-2-3-9(5-10)6-11/h8-10,12-13H,2-5,7H2,1H3. The monoisotopic (exact) mass is 182 g/mol. The Morgan fingerprint density at radius 3 is 3.00 bits per heavy atom. The van der Waals surface area contributed by atoms with Crippen LogP contribution in [0.25, 0.3) is 0 Å². The summed E-state index contributed by atoms with van der Waals surface area (Å²) in [6, 6.07) is 2.76. The lowest BCUT2D eigenvalue weighted by molar-refractivity contribution is 0.179. The van der Waals surface area contributed by atoms with Crippen molar-refractivity contribution in [2.75, 3.05) is 6.54 Å². The lowest BCUT2D eigenvalue weighted by Gasteiger charge is -2.26. The molecule has 0 aromatic rings. The molecule has 0 aromatic heterocycles. The molecule has 3 nitrogen and oxygen atoms in total. The van der Waals surface area contributed by atoms with E-state index in [-0.39, 0.29) is 12.0 Å². The predicted octanol–water partition coefficient (Wildman–Crippen LogP) is 1.04. The molecule has 1 saturated carbocycles. The van der Waals surface area contributed by atoms with E-state index in [1.54, 1.807) is 6.92 Å². The minimum absolute atomic E-state index is 0.222. The highest BCUT2D eigenvalue weighted by molar-refractivity contribution is 4.90. The molecule has 0 bridgehead atoms. The van der Waals surface area contributed by atoms with Crippen LogP contribution in [0.4, 0.5) is 0 Å². The number of hydrogen-bond donors (Lipinski definition) is 2. The minimum atomic E-state index is -0.289. The van der Waals surface area contributed by atoms with Crippen molar-refractivity contribution in [2.45, 2.75) is 44.8 Å². The Labute approximate surface area is 79.8 Å². The third kappa shape index (κ3) is 3.75. The van der Waals surface area contributed by atoms with Crippen LogP contribution in [0, 0.1) is 17.2 Å². The molecule has 1 rings (SSSR count). The van der Waals surface area contributed by atoms with Crippen molar-refractivity contribution in [1.82, 2.24) is 5.32 Å². The Bertz CT molecular complexity index is 186. The minimum Gasteiger partial charge on any atom is -0.392 e. The van der Waals surface area contributed by atoms with Gasteiger partial charge in [0, 0.05) is 18.5 Å². The number of rotatable bonds is 3. The van der Waals surface area contributed by atoms with Crippen LogP contribution < -0.4 is 5.32 Å². The average molecular weight is 182 g/mol. The predicted molar refractivity (Wildman–Crippen MR) is 51.0 cm³/mol. The van der Waals surface area contributed by atoms with Crippen molar-refractivity contribution < 1.29 is 5.11 Å². The van der Waals surface area contributed by atoms with Gasteiger partial charge in [-0.2, -0.15) is 5.26 Å². The zero-order valence-corrected chi connectivity index (χ0v) is 8.16. The van der Waals surface area contributed by atoms with Crippen molar-refractivity contribution in [3.63, 3.8) is 0 Å². The van der Waals surface area contributed by atoms with Crippen LogP contribution in [0.1, 0.15) is 32.6 Å². The van der Waals surface area contributed by atoms with Gasteiger partial charge in [-0.25, -0.2) is 0 Å². The number of nitrogens with zero attached hydrogens (tertiary/aromatic N) is 1.